The van der Waals surface area contributed by atoms with E-state index in [0.717, 1.165) is 6.42 Å². The smallest absolute Gasteiger partial charge is 0.331 e. The Balaban J connectivity index is 2.53. The SMILES string of the molecule is CC=C(CCc1ccccc1)C(=O)O. The minimum Gasteiger partial charge on any atom is -0.478 e. The fraction of sp³-hybridized carbons (Fsp3) is 0.250. The average Bonchev–Trinajstić information content (AvgIpc) is 2.20. The maximum Gasteiger partial charge on any atom is 0.331 e. The summed E-state index contributed by atoms with van der Waals surface area (Å²) >= 11 is 0. The highest BCUT2D eigenvalue weighted by atomic mass is 16.4. The van der Waals surface area contributed by atoms with E-state index in [1.807, 2.05) is 30.3 Å². The molecule has 2 nitrogen and oxygen atoms in total. The highest BCUT2D eigenvalue weighted by molar-refractivity contribution is 5.86. The molecule has 0 saturated carbocycles. The van der Waals surface area contributed by atoms with Gasteiger partial charge in [0, 0.05) is 5.57 Å². The number of aliphatic carboxylic acids is 1. The molecule has 1 aromatic rings. The van der Waals surface area contributed by atoms with Gasteiger partial charge in [-0.3, -0.25) is 0 Å². The van der Waals surface area contributed by atoms with Gasteiger partial charge in [0.2, 0.25) is 0 Å². The third-order valence-electron chi connectivity index (χ3n) is 2.15. The second-order valence-electron chi connectivity index (χ2n) is 3.10. The summed E-state index contributed by atoms with van der Waals surface area (Å²) in [5.41, 5.74) is 1.65. The first-order chi connectivity index (χ1) is 6.74. The lowest BCUT2D eigenvalue weighted by Crippen LogP contribution is -2.01. The minimum absolute atomic E-state index is 0.480. The van der Waals surface area contributed by atoms with Crippen molar-refractivity contribution in [1.29, 1.82) is 0 Å². The third kappa shape index (κ3) is 3.05. The topological polar surface area (TPSA) is 37.3 Å². The van der Waals surface area contributed by atoms with Crippen LogP contribution in [0.5, 0.6) is 0 Å². The lowest BCUT2D eigenvalue weighted by atomic mass is 10.0. The first-order valence-electron chi connectivity index (χ1n) is 4.66. The molecule has 0 bridgehead atoms. The molecule has 0 heterocycles. The van der Waals surface area contributed by atoms with E-state index >= 15 is 0 Å². The van der Waals surface area contributed by atoms with Crippen molar-refractivity contribution in [2.45, 2.75) is 19.8 Å². The van der Waals surface area contributed by atoms with Crippen LogP contribution in [0.25, 0.3) is 0 Å². The molecule has 0 aliphatic rings. The molecule has 0 aliphatic heterocycles. The molecule has 0 spiro atoms. The molecule has 2 heteroatoms. The zero-order valence-corrected chi connectivity index (χ0v) is 8.23. The second-order valence-corrected chi connectivity index (χ2v) is 3.10. The predicted octanol–water partition coefficient (Wildman–Crippen LogP) is 2.65. The number of benzene rings is 1. The highest BCUT2D eigenvalue weighted by Crippen LogP contribution is 2.08. The number of hydrogen-bond acceptors (Lipinski definition) is 1. The van der Waals surface area contributed by atoms with E-state index in [-0.39, 0.29) is 0 Å². The molecular formula is C12H14O2. The van der Waals surface area contributed by atoms with E-state index in [1.165, 1.54) is 5.56 Å². The van der Waals surface area contributed by atoms with Gasteiger partial charge in [0.25, 0.3) is 0 Å². The van der Waals surface area contributed by atoms with Gasteiger partial charge in [-0.2, -0.15) is 0 Å². The molecule has 0 fully saturated rings. The zero-order valence-electron chi connectivity index (χ0n) is 8.23. The van der Waals surface area contributed by atoms with E-state index < -0.39 is 5.97 Å². The number of carboxylic acids is 1. The number of carbonyl (C=O) groups is 1. The summed E-state index contributed by atoms with van der Waals surface area (Å²) in [5, 5.41) is 8.78. The normalized spacial score (nSPS) is 11.4. The Morgan fingerprint density at radius 1 is 1.36 bits per heavy atom. The molecule has 0 unspecified atom stereocenters. The Kier molecular flexibility index (Phi) is 3.92. The molecule has 1 N–H and O–H groups in total. The third-order valence-corrected chi connectivity index (χ3v) is 2.15. The van der Waals surface area contributed by atoms with E-state index in [4.69, 9.17) is 5.11 Å². The quantitative estimate of drug-likeness (QED) is 0.741. The minimum atomic E-state index is -0.816. The number of hydrogen-bond donors (Lipinski definition) is 1. The molecule has 0 amide bonds. The van der Waals surface area contributed by atoms with Crippen LogP contribution < -0.4 is 0 Å². The van der Waals surface area contributed by atoms with Gasteiger partial charge in [0.15, 0.2) is 0 Å². The molecular weight excluding hydrogens is 176 g/mol. The fourth-order valence-electron chi connectivity index (χ4n) is 1.30. The fourth-order valence-corrected chi connectivity index (χ4v) is 1.30. The van der Waals surface area contributed by atoms with Crippen molar-refractivity contribution >= 4 is 5.97 Å². The van der Waals surface area contributed by atoms with Crippen molar-refractivity contribution < 1.29 is 9.90 Å². The summed E-state index contributed by atoms with van der Waals surface area (Å²) in [5.74, 6) is -0.816. The molecule has 0 radical (unpaired) electrons. The predicted molar refractivity (Wildman–Crippen MR) is 56.2 cm³/mol. The van der Waals surface area contributed by atoms with E-state index in [2.05, 4.69) is 0 Å². The summed E-state index contributed by atoms with van der Waals surface area (Å²) in [6, 6.07) is 9.90. The maximum atomic E-state index is 10.7. The summed E-state index contributed by atoms with van der Waals surface area (Å²) < 4.78 is 0. The van der Waals surface area contributed by atoms with Crippen molar-refractivity contribution in [3.63, 3.8) is 0 Å². The summed E-state index contributed by atoms with van der Waals surface area (Å²) in [4.78, 5) is 10.7. The van der Waals surface area contributed by atoms with Crippen molar-refractivity contribution in [3.8, 4) is 0 Å². The Hall–Kier alpha value is -1.57. The van der Waals surface area contributed by atoms with E-state index in [0.29, 0.717) is 12.0 Å². The number of aryl methyl sites for hydroxylation is 1. The molecule has 0 aromatic heterocycles. The van der Waals surface area contributed by atoms with E-state index in [9.17, 15) is 4.79 Å². The lowest BCUT2D eigenvalue weighted by Gasteiger charge is -2.01. The number of allylic oxidation sites excluding steroid dienone is 1. The van der Waals surface area contributed by atoms with Crippen molar-refractivity contribution in [3.05, 3.63) is 47.5 Å². The Bertz CT molecular complexity index is 325. The summed E-state index contributed by atoms with van der Waals surface area (Å²) in [7, 11) is 0. The van der Waals surface area contributed by atoms with Gasteiger partial charge in [0.05, 0.1) is 0 Å². The lowest BCUT2D eigenvalue weighted by molar-refractivity contribution is -0.132. The monoisotopic (exact) mass is 190 g/mol. The van der Waals surface area contributed by atoms with Crippen LogP contribution in [0.15, 0.2) is 42.0 Å². The molecule has 0 saturated heterocycles. The van der Waals surface area contributed by atoms with Crippen molar-refractivity contribution in [1.82, 2.24) is 0 Å². The van der Waals surface area contributed by atoms with Crippen LogP contribution in [0.3, 0.4) is 0 Å². The second kappa shape index (κ2) is 5.22. The largest absolute Gasteiger partial charge is 0.478 e. The molecule has 1 aromatic carbocycles. The van der Waals surface area contributed by atoms with Crippen LogP contribution in [0.2, 0.25) is 0 Å². The van der Waals surface area contributed by atoms with Gasteiger partial charge >= 0.3 is 5.97 Å². The van der Waals surface area contributed by atoms with E-state index in [1.54, 1.807) is 13.0 Å². The molecule has 0 atom stereocenters. The van der Waals surface area contributed by atoms with Crippen LogP contribution in [-0.2, 0) is 11.2 Å². The van der Waals surface area contributed by atoms with Gasteiger partial charge < -0.3 is 5.11 Å². The first kappa shape index (κ1) is 10.5. The van der Waals surface area contributed by atoms with Crippen molar-refractivity contribution in [2.75, 3.05) is 0 Å². The van der Waals surface area contributed by atoms with Gasteiger partial charge in [-0.05, 0) is 25.3 Å². The first-order valence-corrected chi connectivity index (χ1v) is 4.66. The summed E-state index contributed by atoms with van der Waals surface area (Å²) in [6.45, 7) is 1.76. The van der Waals surface area contributed by atoms with Gasteiger partial charge in [-0.1, -0.05) is 36.4 Å². The molecule has 14 heavy (non-hydrogen) atoms. The Morgan fingerprint density at radius 3 is 2.50 bits per heavy atom. The summed E-state index contributed by atoms with van der Waals surface area (Å²) in [6.07, 6.45) is 3.04. The molecule has 0 aliphatic carbocycles. The average molecular weight is 190 g/mol. The standard InChI is InChI=1S/C12H14O2/c1-2-11(12(13)14)9-8-10-6-4-3-5-7-10/h2-7H,8-9H2,1H3,(H,13,14). The Morgan fingerprint density at radius 2 is 2.00 bits per heavy atom. The number of carboxylic acid groups (broad SMARTS) is 1. The Labute approximate surface area is 83.9 Å². The van der Waals surface area contributed by atoms with Gasteiger partial charge in [-0.25, -0.2) is 4.79 Å². The number of rotatable bonds is 4. The van der Waals surface area contributed by atoms with Crippen LogP contribution in [0.1, 0.15) is 18.9 Å². The highest BCUT2D eigenvalue weighted by Gasteiger charge is 2.05. The molecule has 1 rings (SSSR count). The van der Waals surface area contributed by atoms with Gasteiger partial charge in [0.1, 0.15) is 0 Å². The maximum absolute atomic E-state index is 10.7. The van der Waals surface area contributed by atoms with Crippen LogP contribution in [0, 0.1) is 0 Å². The van der Waals surface area contributed by atoms with Crippen LogP contribution in [-0.4, -0.2) is 11.1 Å². The molecule has 74 valence electrons. The van der Waals surface area contributed by atoms with Gasteiger partial charge in [-0.15, -0.1) is 0 Å². The van der Waals surface area contributed by atoms with Crippen LogP contribution in [0.4, 0.5) is 0 Å². The van der Waals surface area contributed by atoms with Crippen molar-refractivity contribution in [2.24, 2.45) is 0 Å². The zero-order chi connectivity index (χ0) is 10.4. The van der Waals surface area contributed by atoms with Crippen LogP contribution >= 0.6 is 0 Å².